The van der Waals surface area contributed by atoms with Gasteiger partial charge >= 0.3 is 0 Å². The van der Waals surface area contributed by atoms with E-state index in [4.69, 9.17) is 4.42 Å². The third-order valence-electron chi connectivity index (χ3n) is 2.63. The highest BCUT2D eigenvalue weighted by atomic mass is 79.9. The molecule has 0 atom stereocenters. The highest BCUT2D eigenvalue weighted by Gasteiger charge is 2.07. The maximum absolute atomic E-state index is 11.7. The average molecular weight is 402 g/mol. The summed E-state index contributed by atoms with van der Waals surface area (Å²) in [5.74, 6) is 0.729. The largest absolute Gasteiger partial charge is 0.451 e. The number of rotatable bonds is 5. The average Bonchev–Trinajstić information content (AvgIpc) is 2.76. The van der Waals surface area contributed by atoms with Gasteiger partial charge in [0.25, 0.3) is 5.91 Å². The number of amides is 1. The number of hydrogen-bond acceptors (Lipinski definition) is 3. The zero-order valence-corrected chi connectivity index (χ0v) is 14.0. The lowest BCUT2D eigenvalue weighted by Gasteiger charge is -2.07. The molecule has 0 aliphatic rings. The van der Waals surface area contributed by atoms with Crippen LogP contribution in [-0.2, 0) is 6.54 Å². The molecule has 1 amide bonds. The molecule has 0 radical (unpaired) electrons. The first-order valence-corrected chi connectivity index (χ1v) is 7.74. The number of hydrogen-bond donors (Lipinski definition) is 2. The van der Waals surface area contributed by atoms with Gasteiger partial charge in [0.2, 0.25) is 0 Å². The molecular formula is C14H14Br2N2O2. The van der Waals surface area contributed by atoms with Gasteiger partial charge in [0.1, 0.15) is 5.76 Å². The lowest BCUT2D eigenvalue weighted by molar-refractivity contribution is 0.0956. The third-order valence-corrected chi connectivity index (χ3v) is 4.34. The fraction of sp³-hybridized carbons (Fsp3) is 0.214. The monoisotopic (exact) mass is 400 g/mol. The van der Waals surface area contributed by atoms with E-state index in [0.717, 1.165) is 15.9 Å². The zero-order chi connectivity index (χ0) is 14.5. The maximum Gasteiger partial charge on any atom is 0.251 e. The Balaban J connectivity index is 2.02. The van der Waals surface area contributed by atoms with Gasteiger partial charge < -0.3 is 15.1 Å². The van der Waals surface area contributed by atoms with Gasteiger partial charge in [-0.25, -0.2) is 0 Å². The van der Waals surface area contributed by atoms with Crippen molar-refractivity contribution in [2.45, 2.75) is 13.5 Å². The van der Waals surface area contributed by atoms with Gasteiger partial charge in [-0.15, -0.1) is 0 Å². The second-order valence-electron chi connectivity index (χ2n) is 4.13. The highest BCUT2D eigenvalue weighted by molar-refractivity contribution is 9.13. The molecule has 2 rings (SSSR count). The van der Waals surface area contributed by atoms with Gasteiger partial charge in [-0.1, -0.05) is 6.07 Å². The quantitative estimate of drug-likeness (QED) is 0.790. The van der Waals surface area contributed by atoms with E-state index in [2.05, 4.69) is 42.5 Å². The van der Waals surface area contributed by atoms with Crippen molar-refractivity contribution in [2.24, 2.45) is 0 Å². The van der Waals surface area contributed by atoms with Crippen LogP contribution in [0.25, 0.3) is 0 Å². The van der Waals surface area contributed by atoms with Crippen LogP contribution in [0.3, 0.4) is 0 Å². The summed E-state index contributed by atoms with van der Waals surface area (Å²) in [4.78, 5) is 11.7. The van der Waals surface area contributed by atoms with Gasteiger partial charge in [0.15, 0.2) is 4.67 Å². The van der Waals surface area contributed by atoms with Gasteiger partial charge in [-0.05, 0) is 63.0 Å². The first-order valence-electron chi connectivity index (χ1n) is 6.16. The molecule has 1 aromatic heterocycles. The molecule has 4 nitrogen and oxygen atoms in total. The number of carbonyl (C=O) groups excluding carboxylic acids is 1. The minimum atomic E-state index is -0.0698. The van der Waals surface area contributed by atoms with E-state index >= 15 is 0 Å². The second kappa shape index (κ2) is 6.95. The molecule has 0 fully saturated rings. The van der Waals surface area contributed by atoms with Crippen LogP contribution in [0.2, 0.25) is 0 Å². The van der Waals surface area contributed by atoms with Crippen LogP contribution < -0.4 is 10.6 Å². The van der Waals surface area contributed by atoms with Crippen LogP contribution in [0.4, 0.5) is 5.69 Å². The fourth-order valence-electron chi connectivity index (χ4n) is 1.70. The molecule has 1 aromatic carbocycles. The Hall–Kier alpha value is -1.27. The van der Waals surface area contributed by atoms with Crippen LogP contribution in [0, 0.1) is 0 Å². The Labute approximate surface area is 134 Å². The van der Waals surface area contributed by atoms with Crippen molar-refractivity contribution in [1.29, 1.82) is 0 Å². The highest BCUT2D eigenvalue weighted by Crippen LogP contribution is 2.27. The number of nitrogens with one attached hydrogen (secondary N) is 2. The Morgan fingerprint density at radius 1 is 1.30 bits per heavy atom. The number of furan rings is 1. The van der Waals surface area contributed by atoms with Crippen molar-refractivity contribution in [3.8, 4) is 0 Å². The summed E-state index contributed by atoms with van der Waals surface area (Å²) in [6.45, 7) is 3.06. The van der Waals surface area contributed by atoms with Crippen LogP contribution in [-0.4, -0.2) is 12.5 Å². The molecule has 0 aliphatic carbocycles. The maximum atomic E-state index is 11.7. The van der Waals surface area contributed by atoms with Gasteiger partial charge in [-0.2, -0.15) is 0 Å². The molecule has 0 bridgehead atoms. The minimum Gasteiger partial charge on any atom is -0.451 e. The Morgan fingerprint density at radius 3 is 2.75 bits per heavy atom. The standard InChI is InChI=1S/C14H14Br2N2O2/c1-2-17-14(19)9-4-3-5-10(6-9)18-8-11-7-12(15)13(16)20-11/h3-7,18H,2,8H2,1H3,(H,17,19). The topological polar surface area (TPSA) is 54.3 Å². The normalized spacial score (nSPS) is 10.3. The molecule has 106 valence electrons. The van der Waals surface area contributed by atoms with Crippen LogP contribution in [0.1, 0.15) is 23.0 Å². The number of halogens is 2. The van der Waals surface area contributed by atoms with E-state index in [0.29, 0.717) is 23.3 Å². The van der Waals surface area contributed by atoms with Crippen molar-refractivity contribution in [3.63, 3.8) is 0 Å². The molecule has 2 aromatic rings. The summed E-state index contributed by atoms with van der Waals surface area (Å²) in [7, 11) is 0. The smallest absolute Gasteiger partial charge is 0.251 e. The van der Waals surface area contributed by atoms with E-state index in [1.165, 1.54) is 0 Å². The molecule has 20 heavy (non-hydrogen) atoms. The van der Waals surface area contributed by atoms with E-state index < -0.39 is 0 Å². The summed E-state index contributed by atoms with van der Waals surface area (Å²) in [6.07, 6.45) is 0. The number of anilines is 1. The number of carbonyl (C=O) groups is 1. The van der Waals surface area contributed by atoms with Crippen molar-refractivity contribution in [2.75, 3.05) is 11.9 Å². The van der Waals surface area contributed by atoms with E-state index in [9.17, 15) is 4.79 Å². The zero-order valence-electron chi connectivity index (χ0n) is 10.9. The summed E-state index contributed by atoms with van der Waals surface area (Å²) < 4.78 is 7.03. The molecule has 0 aliphatic heterocycles. The molecule has 0 saturated carbocycles. The fourth-order valence-corrected chi connectivity index (χ4v) is 2.36. The second-order valence-corrected chi connectivity index (χ2v) is 5.70. The molecule has 0 spiro atoms. The Bertz CT molecular complexity index is 591. The molecule has 0 unspecified atom stereocenters. The van der Waals surface area contributed by atoms with E-state index in [1.807, 2.05) is 31.2 Å². The van der Waals surface area contributed by atoms with E-state index in [1.54, 1.807) is 6.07 Å². The van der Waals surface area contributed by atoms with Crippen molar-refractivity contribution in [1.82, 2.24) is 5.32 Å². The van der Waals surface area contributed by atoms with Crippen molar-refractivity contribution < 1.29 is 9.21 Å². The van der Waals surface area contributed by atoms with E-state index in [-0.39, 0.29) is 5.91 Å². The van der Waals surface area contributed by atoms with Crippen LogP contribution in [0.15, 0.2) is 43.9 Å². The van der Waals surface area contributed by atoms with Gasteiger partial charge in [0.05, 0.1) is 11.0 Å². The third kappa shape index (κ3) is 3.86. The molecule has 2 N–H and O–H groups in total. The Morgan fingerprint density at radius 2 is 2.10 bits per heavy atom. The molecular weight excluding hydrogens is 388 g/mol. The Kier molecular flexibility index (Phi) is 5.25. The number of benzene rings is 1. The summed E-state index contributed by atoms with van der Waals surface area (Å²) >= 11 is 6.66. The van der Waals surface area contributed by atoms with Gasteiger partial charge in [0, 0.05) is 17.8 Å². The summed E-state index contributed by atoms with van der Waals surface area (Å²) in [6, 6.07) is 9.26. The predicted octanol–water partition coefficient (Wildman–Crippen LogP) is 4.17. The SMILES string of the molecule is CCNC(=O)c1cccc(NCc2cc(Br)c(Br)o2)c1. The first kappa shape index (κ1) is 15.1. The summed E-state index contributed by atoms with van der Waals surface area (Å²) in [5, 5.41) is 6.00. The molecule has 6 heteroatoms. The van der Waals surface area contributed by atoms with Gasteiger partial charge in [-0.3, -0.25) is 4.79 Å². The lowest BCUT2D eigenvalue weighted by Crippen LogP contribution is -2.22. The summed E-state index contributed by atoms with van der Waals surface area (Å²) in [5.41, 5.74) is 1.51. The molecule has 0 saturated heterocycles. The van der Waals surface area contributed by atoms with Crippen LogP contribution >= 0.6 is 31.9 Å². The first-order chi connectivity index (χ1) is 9.60. The lowest BCUT2D eigenvalue weighted by atomic mass is 10.2. The predicted molar refractivity (Wildman–Crippen MR) is 85.9 cm³/mol. The minimum absolute atomic E-state index is 0.0698. The van der Waals surface area contributed by atoms with Crippen molar-refractivity contribution in [3.05, 3.63) is 50.8 Å². The van der Waals surface area contributed by atoms with Crippen LogP contribution in [0.5, 0.6) is 0 Å². The van der Waals surface area contributed by atoms with Crippen molar-refractivity contribution >= 4 is 43.5 Å². The molecule has 1 heterocycles.